The number of hydrogen-bond acceptors (Lipinski definition) is 4. The van der Waals surface area contributed by atoms with Crippen molar-refractivity contribution in [1.82, 2.24) is 4.90 Å². The summed E-state index contributed by atoms with van der Waals surface area (Å²) in [7, 11) is 0. The molecule has 8 heavy (non-hydrogen) atoms. The zero-order valence-electron chi connectivity index (χ0n) is 4.45. The number of thioether (sulfide) groups is 1. The number of nitrogens with zero attached hydrogens (tertiary/aromatic N) is 1. The van der Waals surface area contributed by atoms with E-state index in [1.165, 1.54) is 0 Å². The molecule has 0 spiro atoms. The molecule has 0 aromatic heterocycles. The van der Waals surface area contributed by atoms with Crippen LogP contribution in [-0.4, -0.2) is 17.1 Å². The van der Waals surface area contributed by atoms with E-state index in [-0.39, 0.29) is 5.50 Å². The Bertz CT molecular complexity index is 103. The minimum atomic E-state index is 0.0417. The van der Waals surface area contributed by atoms with Crippen molar-refractivity contribution in [2.75, 3.05) is 6.67 Å². The zero-order valence-corrected chi connectivity index (χ0v) is 5.27. The van der Waals surface area contributed by atoms with Crippen LogP contribution in [0, 0.1) is 0 Å². The van der Waals surface area contributed by atoms with Gasteiger partial charge in [0.1, 0.15) is 5.50 Å². The number of nitrogens with two attached hydrogens (primary N) is 2. The highest BCUT2D eigenvalue weighted by Gasteiger charge is 2.11. The minimum Gasteiger partial charge on any atom is -0.340 e. The molecule has 0 saturated heterocycles. The average molecular weight is 131 g/mol. The van der Waals surface area contributed by atoms with Gasteiger partial charge in [-0.05, 0) is 5.41 Å². The lowest BCUT2D eigenvalue weighted by Crippen LogP contribution is -2.36. The maximum absolute atomic E-state index is 5.54. The van der Waals surface area contributed by atoms with Gasteiger partial charge in [-0.15, -0.1) is 0 Å². The topological polar surface area (TPSA) is 55.3 Å². The second kappa shape index (κ2) is 2.39. The van der Waals surface area contributed by atoms with Gasteiger partial charge >= 0.3 is 0 Å². The summed E-state index contributed by atoms with van der Waals surface area (Å²) >= 11 is 1.57. The van der Waals surface area contributed by atoms with E-state index >= 15 is 0 Å². The van der Waals surface area contributed by atoms with Gasteiger partial charge in [-0.1, -0.05) is 11.8 Å². The molecule has 0 aromatic rings. The van der Waals surface area contributed by atoms with Crippen LogP contribution in [0.1, 0.15) is 0 Å². The van der Waals surface area contributed by atoms with Gasteiger partial charge in [-0.3, -0.25) is 0 Å². The Morgan fingerprint density at radius 3 is 2.75 bits per heavy atom. The fraction of sp³-hybridized carbons (Fsp3) is 0.500. The predicted octanol–water partition coefficient (Wildman–Crippen LogP) is -0.335. The maximum atomic E-state index is 5.54. The van der Waals surface area contributed by atoms with E-state index in [4.69, 9.17) is 11.5 Å². The lowest BCUT2D eigenvalue weighted by molar-refractivity contribution is 0.378. The number of rotatable bonds is 1. The molecule has 1 aliphatic heterocycles. The van der Waals surface area contributed by atoms with Crippen molar-refractivity contribution in [2.45, 2.75) is 5.50 Å². The van der Waals surface area contributed by atoms with Crippen LogP contribution >= 0.6 is 11.8 Å². The lowest BCUT2D eigenvalue weighted by Gasteiger charge is -2.17. The molecule has 0 fully saturated rings. The third kappa shape index (κ3) is 0.964. The van der Waals surface area contributed by atoms with Crippen LogP contribution in [-0.2, 0) is 0 Å². The molecule has 3 nitrogen and oxygen atoms in total. The Labute approximate surface area is 52.7 Å². The fourth-order valence-electron chi connectivity index (χ4n) is 0.522. The van der Waals surface area contributed by atoms with Crippen molar-refractivity contribution >= 4 is 11.8 Å². The summed E-state index contributed by atoms with van der Waals surface area (Å²) in [6, 6.07) is 0. The molecular formula is C4H9N3S. The molecule has 4 heteroatoms. The molecule has 0 amide bonds. The Morgan fingerprint density at radius 1 is 1.75 bits per heavy atom. The van der Waals surface area contributed by atoms with Crippen LogP contribution in [0.4, 0.5) is 0 Å². The van der Waals surface area contributed by atoms with Crippen LogP contribution < -0.4 is 11.5 Å². The molecule has 0 radical (unpaired) electrons. The summed E-state index contributed by atoms with van der Waals surface area (Å²) in [6.07, 6.45) is 1.90. The molecule has 0 aromatic carbocycles. The lowest BCUT2D eigenvalue weighted by atomic mass is 10.8. The quantitative estimate of drug-likeness (QED) is 0.511. The molecule has 0 bridgehead atoms. The Kier molecular flexibility index (Phi) is 1.77. The van der Waals surface area contributed by atoms with Crippen LogP contribution in [0.2, 0.25) is 0 Å². The minimum absolute atomic E-state index is 0.0417. The van der Waals surface area contributed by atoms with Gasteiger partial charge in [-0.2, -0.15) is 0 Å². The molecule has 0 aliphatic carbocycles. The maximum Gasteiger partial charge on any atom is 0.130 e. The molecular weight excluding hydrogens is 122 g/mol. The molecule has 1 rings (SSSR count). The Hall–Kier alpha value is -0.190. The smallest absolute Gasteiger partial charge is 0.130 e. The molecule has 1 aliphatic rings. The normalized spacial score (nSPS) is 27.2. The van der Waals surface area contributed by atoms with Crippen LogP contribution in [0.5, 0.6) is 0 Å². The highest BCUT2D eigenvalue weighted by Crippen LogP contribution is 2.18. The summed E-state index contributed by atoms with van der Waals surface area (Å²) < 4.78 is 0. The van der Waals surface area contributed by atoms with Gasteiger partial charge in [0.2, 0.25) is 0 Å². The van der Waals surface area contributed by atoms with Gasteiger partial charge in [-0.25, -0.2) is 0 Å². The van der Waals surface area contributed by atoms with Gasteiger partial charge in [0.05, 0.1) is 6.67 Å². The summed E-state index contributed by atoms with van der Waals surface area (Å²) in [5, 5.41) is 1.94. The molecule has 1 atom stereocenters. The van der Waals surface area contributed by atoms with Crippen molar-refractivity contribution < 1.29 is 0 Å². The van der Waals surface area contributed by atoms with Crippen LogP contribution in [0.3, 0.4) is 0 Å². The van der Waals surface area contributed by atoms with E-state index in [1.54, 1.807) is 11.8 Å². The predicted molar refractivity (Wildman–Crippen MR) is 35.6 cm³/mol. The van der Waals surface area contributed by atoms with E-state index < -0.39 is 0 Å². The summed E-state index contributed by atoms with van der Waals surface area (Å²) in [6.45, 7) is 0.505. The van der Waals surface area contributed by atoms with Crippen molar-refractivity contribution in [3.63, 3.8) is 0 Å². The first kappa shape index (κ1) is 5.94. The van der Waals surface area contributed by atoms with Crippen molar-refractivity contribution in [2.24, 2.45) is 11.5 Å². The largest absolute Gasteiger partial charge is 0.340 e. The summed E-state index contributed by atoms with van der Waals surface area (Å²) in [5.41, 5.74) is 10.9. The molecule has 46 valence electrons. The van der Waals surface area contributed by atoms with Crippen molar-refractivity contribution in [1.29, 1.82) is 0 Å². The zero-order chi connectivity index (χ0) is 5.98. The standard InChI is InChI=1S/C4H9N3S/c5-3-7-1-2-8-4(7)6/h1-2,4H,3,5-6H2. The van der Waals surface area contributed by atoms with Gasteiger partial charge in [0, 0.05) is 6.20 Å². The van der Waals surface area contributed by atoms with E-state index in [0.29, 0.717) is 6.67 Å². The second-order valence-electron chi connectivity index (χ2n) is 1.51. The van der Waals surface area contributed by atoms with Crippen molar-refractivity contribution in [3.05, 3.63) is 11.6 Å². The monoisotopic (exact) mass is 131 g/mol. The summed E-state index contributed by atoms with van der Waals surface area (Å²) in [4.78, 5) is 1.87. The van der Waals surface area contributed by atoms with Crippen LogP contribution in [0.25, 0.3) is 0 Å². The van der Waals surface area contributed by atoms with E-state index in [1.807, 2.05) is 16.5 Å². The van der Waals surface area contributed by atoms with E-state index in [0.717, 1.165) is 0 Å². The van der Waals surface area contributed by atoms with E-state index in [2.05, 4.69) is 0 Å². The van der Waals surface area contributed by atoms with Gasteiger partial charge in [0.25, 0.3) is 0 Å². The Morgan fingerprint density at radius 2 is 2.50 bits per heavy atom. The molecule has 4 N–H and O–H groups in total. The highest BCUT2D eigenvalue weighted by molar-refractivity contribution is 8.02. The molecule has 1 heterocycles. The first-order valence-electron chi connectivity index (χ1n) is 2.38. The van der Waals surface area contributed by atoms with E-state index in [9.17, 15) is 0 Å². The SMILES string of the molecule is NCN1C=CSC1N. The fourth-order valence-corrected chi connectivity index (χ4v) is 1.22. The van der Waals surface area contributed by atoms with Gasteiger partial charge < -0.3 is 16.4 Å². The van der Waals surface area contributed by atoms with Gasteiger partial charge in [0.15, 0.2) is 0 Å². The second-order valence-corrected chi connectivity index (χ2v) is 2.54. The highest BCUT2D eigenvalue weighted by atomic mass is 32.2. The number of hydrogen-bond donors (Lipinski definition) is 2. The summed E-state index contributed by atoms with van der Waals surface area (Å²) in [5.74, 6) is 0. The van der Waals surface area contributed by atoms with Crippen LogP contribution in [0.15, 0.2) is 11.6 Å². The first-order chi connectivity index (χ1) is 3.84. The molecule has 0 saturated carbocycles. The third-order valence-corrected chi connectivity index (χ3v) is 1.84. The third-order valence-electron chi connectivity index (χ3n) is 1.01. The van der Waals surface area contributed by atoms with Crippen molar-refractivity contribution in [3.8, 4) is 0 Å². The Balaban J connectivity index is 2.41. The first-order valence-corrected chi connectivity index (χ1v) is 3.32. The average Bonchev–Trinajstić information content (AvgIpc) is 2.14. The molecule has 1 unspecified atom stereocenters.